The maximum atomic E-state index is 12.3. The van der Waals surface area contributed by atoms with Gasteiger partial charge in [0.05, 0.1) is 24.5 Å². The second kappa shape index (κ2) is 7.57. The summed E-state index contributed by atoms with van der Waals surface area (Å²) < 4.78 is 7.19. The number of benzene rings is 1. The van der Waals surface area contributed by atoms with Gasteiger partial charge in [0.1, 0.15) is 11.3 Å². The van der Waals surface area contributed by atoms with Crippen molar-refractivity contribution in [2.45, 2.75) is 24.5 Å². The van der Waals surface area contributed by atoms with E-state index in [1.807, 2.05) is 35.9 Å². The van der Waals surface area contributed by atoms with Crippen LogP contribution in [0.5, 0.6) is 5.75 Å². The van der Waals surface area contributed by atoms with Crippen LogP contribution in [0.15, 0.2) is 29.4 Å². The molecule has 0 N–H and O–H groups in total. The van der Waals surface area contributed by atoms with Crippen molar-refractivity contribution in [1.82, 2.24) is 19.7 Å². The van der Waals surface area contributed by atoms with E-state index in [0.717, 1.165) is 5.56 Å². The van der Waals surface area contributed by atoms with Crippen molar-refractivity contribution in [2.24, 2.45) is 7.05 Å². The van der Waals surface area contributed by atoms with Crippen LogP contribution in [-0.2, 0) is 11.8 Å². The Balaban J connectivity index is 2.15. The number of amides is 1. The van der Waals surface area contributed by atoms with Crippen LogP contribution >= 0.6 is 11.8 Å². The lowest BCUT2D eigenvalue weighted by atomic mass is 10.1. The molecule has 132 valence electrons. The van der Waals surface area contributed by atoms with Gasteiger partial charge >= 0.3 is 0 Å². The number of aromatic nitrogens is 3. The van der Waals surface area contributed by atoms with Crippen LogP contribution in [0.3, 0.4) is 0 Å². The molecule has 1 heterocycles. The number of ether oxygens (including phenoxy) is 1. The second-order valence-corrected chi connectivity index (χ2v) is 6.92. The molecule has 0 atom stereocenters. The van der Waals surface area contributed by atoms with E-state index in [1.54, 1.807) is 28.0 Å². The Labute approximate surface area is 151 Å². The molecule has 8 heteroatoms. The molecule has 0 aliphatic carbocycles. The monoisotopic (exact) mass is 359 g/mol. The minimum absolute atomic E-state index is 0.140. The number of carbonyl (C=O) groups is 1. The SMILES string of the molecule is COc1ccccc1-c1nnc(SCC(=O)N(C)C(C)(C)C#N)n1C. The summed E-state index contributed by atoms with van der Waals surface area (Å²) in [6.45, 7) is 3.41. The molecule has 0 bridgehead atoms. The third-order valence-electron chi connectivity index (χ3n) is 3.99. The number of carbonyl (C=O) groups excluding carboxylic acids is 1. The molecule has 2 aromatic rings. The minimum Gasteiger partial charge on any atom is -0.496 e. The molecule has 2 rings (SSSR count). The van der Waals surface area contributed by atoms with Crippen LogP contribution in [-0.4, -0.2) is 51.0 Å². The van der Waals surface area contributed by atoms with E-state index in [-0.39, 0.29) is 11.7 Å². The molecular weight excluding hydrogens is 338 g/mol. The highest BCUT2D eigenvalue weighted by molar-refractivity contribution is 7.99. The zero-order valence-electron chi connectivity index (χ0n) is 15.0. The lowest BCUT2D eigenvalue weighted by Gasteiger charge is -2.28. The highest BCUT2D eigenvalue weighted by Crippen LogP contribution is 2.30. The Hall–Kier alpha value is -2.53. The van der Waals surface area contributed by atoms with Gasteiger partial charge in [-0.3, -0.25) is 4.79 Å². The topological polar surface area (TPSA) is 84.0 Å². The number of para-hydroxylation sites is 1. The van der Waals surface area contributed by atoms with Crippen LogP contribution < -0.4 is 4.74 Å². The Morgan fingerprint density at radius 1 is 1.40 bits per heavy atom. The molecule has 0 aliphatic heterocycles. The Morgan fingerprint density at radius 3 is 2.72 bits per heavy atom. The number of nitriles is 1. The number of hydrogen-bond donors (Lipinski definition) is 0. The lowest BCUT2D eigenvalue weighted by Crippen LogP contribution is -2.44. The zero-order valence-corrected chi connectivity index (χ0v) is 15.8. The fourth-order valence-electron chi connectivity index (χ4n) is 2.11. The summed E-state index contributed by atoms with van der Waals surface area (Å²) >= 11 is 1.29. The van der Waals surface area contributed by atoms with Crippen molar-refractivity contribution in [3.63, 3.8) is 0 Å². The van der Waals surface area contributed by atoms with Crippen LogP contribution in [0.2, 0.25) is 0 Å². The summed E-state index contributed by atoms with van der Waals surface area (Å²) in [5.74, 6) is 1.41. The molecule has 0 saturated heterocycles. The van der Waals surface area contributed by atoms with Crippen molar-refractivity contribution in [3.8, 4) is 23.2 Å². The van der Waals surface area contributed by atoms with Crippen molar-refractivity contribution >= 4 is 17.7 Å². The van der Waals surface area contributed by atoms with Crippen LogP contribution in [0.1, 0.15) is 13.8 Å². The predicted molar refractivity (Wildman–Crippen MR) is 96.2 cm³/mol. The molecule has 1 aromatic heterocycles. The summed E-state index contributed by atoms with van der Waals surface area (Å²) in [4.78, 5) is 13.7. The van der Waals surface area contributed by atoms with Crippen LogP contribution in [0.25, 0.3) is 11.4 Å². The maximum absolute atomic E-state index is 12.3. The van der Waals surface area contributed by atoms with Crippen molar-refractivity contribution < 1.29 is 9.53 Å². The maximum Gasteiger partial charge on any atom is 0.234 e. The first kappa shape index (κ1) is 18.8. The molecule has 0 unspecified atom stereocenters. The molecule has 0 aliphatic rings. The summed E-state index contributed by atoms with van der Waals surface area (Å²) in [6, 6.07) is 9.68. The van der Waals surface area contributed by atoms with E-state index in [9.17, 15) is 4.79 Å². The van der Waals surface area contributed by atoms with Gasteiger partial charge in [-0.15, -0.1) is 10.2 Å². The largest absolute Gasteiger partial charge is 0.496 e. The van der Waals surface area contributed by atoms with Gasteiger partial charge in [0.15, 0.2) is 11.0 Å². The van der Waals surface area contributed by atoms with Crippen molar-refractivity contribution in [2.75, 3.05) is 19.9 Å². The second-order valence-electron chi connectivity index (χ2n) is 5.98. The van der Waals surface area contributed by atoms with Gasteiger partial charge in [-0.1, -0.05) is 23.9 Å². The quantitative estimate of drug-likeness (QED) is 0.736. The summed E-state index contributed by atoms with van der Waals surface area (Å²) in [5.41, 5.74) is -0.0130. The number of nitrogens with zero attached hydrogens (tertiary/aromatic N) is 5. The van der Waals surface area contributed by atoms with Crippen molar-refractivity contribution in [1.29, 1.82) is 5.26 Å². The van der Waals surface area contributed by atoms with Gasteiger partial charge < -0.3 is 14.2 Å². The van der Waals surface area contributed by atoms with Gasteiger partial charge in [0.25, 0.3) is 0 Å². The first-order valence-electron chi connectivity index (χ1n) is 7.65. The van der Waals surface area contributed by atoms with E-state index in [0.29, 0.717) is 16.7 Å². The number of hydrogen-bond acceptors (Lipinski definition) is 6. The molecule has 0 spiro atoms. The standard InChI is InChI=1S/C17H21N5O2S/c1-17(2,11-18)22(4)14(23)10-25-16-20-19-15(21(16)3)12-8-6-7-9-13(12)24-5/h6-9H,10H2,1-5H3. The molecule has 0 fully saturated rings. The van der Waals surface area contributed by atoms with E-state index in [1.165, 1.54) is 16.7 Å². The predicted octanol–water partition coefficient (Wildman–Crippen LogP) is 2.34. The molecule has 7 nitrogen and oxygen atoms in total. The summed E-state index contributed by atoms with van der Waals surface area (Å²) in [7, 11) is 5.08. The first-order chi connectivity index (χ1) is 11.8. The number of methoxy groups -OCH3 is 1. The Morgan fingerprint density at radius 2 is 2.08 bits per heavy atom. The van der Waals surface area contributed by atoms with Crippen molar-refractivity contribution in [3.05, 3.63) is 24.3 Å². The Bertz CT molecular complexity index is 810. The van der Waals surface area contributed by atoms with Gasteiger partial charge in [-0.25, -0.2) is 0 Å². The molecule has 0 saturated carbocycles. The number of rotatable bonds is 6. The van der Waals surface area contributed by atoms with Gasteiger partial charge in [-0.2, -0.15) is 5.26 Å². The Kier molecular flexibility index (Phi) is 5.69. The minimum atomic E-state index is -0.847. The lowest BCUT2D eigenvalue weighted by molar-refractivity contribution is -0.130. The van der Waals surface area contributed by atoms with Crippen LogP contribution in [0, 0.1) is 11.3 Å². The molecule has 1 amide bonds. The summed E-state index contributed by atoms with van der Waals surface area (Å²) in [5, 5.41) is 18.1. The van der Waals surface area contributed by atoms with E-state index in [4.69, 9.17) is 10.00 Å². The molecule has 1 aromatic carbocycles. The highest BCUT2D eigenvalue weighted by atomic mass is 32.2. The zero-order chi connectivity index (χ0) is 18.6. The average molecular weight is 359 g/mol. The van der Waals surface area contributed by atoms with E-state index < -0.39 is 5.54 Å². The molecule has 25 heavy (non-hydrogen) atoms. The number of thioether (sulfide) groups is 1. The summed E-state index contributed by atoms with van der Waals surface area (Å²) in [6.07, 6.45) is 0. The van der Waals surface area contributed by atoms with Gasteiger partial charge in [0, 0.05) is 14.1 Å². The van der Waals surface area contributed by atoms with Gasteiger partial charge in [-0.05, 0) is 26.0 Å². The third-order valence-corrected chi connectivity index (χ3v) is 5.00. The fourth-order valence-corrected chi connectivity index (χ4v) is 2.94. The smallest absolute Gasteiger partial charge is 0.234 e. The normalized spacial score (nSPS) is 11.0. The van der Waals surface area contributed by atoms with Gasteiger partial charge in [0.2, 0.25) is 5.91 Å². The fraction of sp³-hybridized carbons (Fsp3) is 0.412. The highest BCUT2D eigenvalue weighted by Gasteiger charge is 2.27. The van der Waals surface area contributed by atoms with Crippen LogP contribution in [0.4, 0.5) is 0 Å². The third kappa shape index (κ3) is 3.94. The van der Waals surface area contributed by atoms with E-state index >= 15 is 0 Å². The first-order valence-corrected chi connectivity index (χ1v) is 8.64. The van der Waals surface area contributed by atoms with E-state index in [2.05, 4.69) is 16.3 Å². The molecule has 0 radical (unpaired) electrons. The molecular formula is C17H21N5O2S. The average Bonchev–Trinajstić information content (AvgIpc) is 2.99.